The summed E-state index contributed by atoms with van der Waals surface area (Å²) in [4.78, 5) is 8.94. The SMILES string of the molecule is CN=C(NCc1ccc(CN(C)C)cc1)NC1CCN(c2ccccc2OC)C1. The fourth-order valence-electron chi connectivity index (χ4n) is 3.69. The van der Waals surface area contributed by atoms with Crippen LogP contribution in [0, 0.1) is 0 Å². The van der Waals surface area contributed by atoms with Gasteiger partial charge in [0.25, 0.3) is 0 Å². The van der Waals surface area contributed by atoms with Crippen LogP contribution in [0.25, 0.3) is 0 Å². The Labute approximate surface area is 174 Å². The molecule has 2 aromatic carbocycles. The number of ether oxygens (including phenoxy) is 1. The second-order valence-electron chi connectivity index (χ2n) is 7.73. The van der Waals surface area contributed by atoms with Crippen LogP contribution < -0.4 is 20.3 Å². The van der Waals surface area contributed by atoms with E-state index in [4.69, 9.17) is 4.74 Å². The molecule has 0 radical (unpaired) electrons. The van der Waals surface area contributed by atoms with Gasteiger partial charge in [0, 0.05) is 39.3 Å². The maximum Gasteiger partial charge on any atom is 0.191 e. The molecule has 0 amide bonds. The minimum Gasteiger partial charge on any atom is -0.495 e. The molecule has 0 bridgehead atoms. The Kier molecular flexibility index (Phi) is 7.36. The molecule has 0 saturated carbocycles. The molecule has 2 aromatic rings. The van der Waals surface area contributed by atoms with Gasteiger partial charge in [0.15, 0.2) is 5.96 Å². The van der Waals surface area contributed by atoms with Gasteiger partial charge in [0.1, 0.15) is 5.75 Å². The normalized spacial score (nSPS) is 16.9. The van der Waals surface area contributed by atoms with Gasteiger partial charge < -0.3 is 25.2 Å². The van der Waals surface area contributed by atoms with Crippen molar-refractivity contribution >= 4 is 11.6 Å². The summed E-state index contributed by atoms with van der Waals surface area (Å²) in [6.45, 7) is 3.65. The zero-order valence-electron chi connectivity index (χ0n) is 18.0. The van der Waals surface area contributed by atoms with Crippen LogP contribution in [-0.2, 0) is 13.1 Å². The molecule has 0 aromatic heterocycles. The fourth-order valence-corrected chi connectivity index (χ4v) is 3.69. The van der Waals surface area contributed by atoms with E-state index in [2.05, 4.69) is 75.9 Å². The lowest BCUT2D eigenvalue weighted by Gasteiger charge is -2.22. The summed E-state index contributed by atoms with van der Waals surface area (Å²) in [5.74, 6) is 1.77. The average Bonchev–Trinajstić information content (AvgIpc) is 3.20. The molecule has 1 unspecified atom stereocenters. The first-order chi connectivity index (χ1) is 14.1. The smallest absolute Gasteiger partial charge is 0.191 e. The lowest BCUT2D eigenvalue weighted by Crippen LogP contribution is -2.44. The van der Waals surface area contributed by atoms with Crippen molar-refractivity contribution in [2.24, 2.45) is 4.99 Å². The Hall–Kier alpha value is -2.73. The predicted molar refractivity (Wildman–Crippen MR) is 121 cm³/mol. The van der Waals surface area contributed by atoms with Gasteiger partial charge >= 0.3 is 0 Å². The Morgan fingerprint density at radius 3 is 2.55 bits per heavy atom. The molecule has 6 heteroatoms. The van der Waals surface area contributed by atoms with Crippen LogP contribution in [-0.4, -0.2) is 58.2 Å². The van der Waals surface area contributed by atoms with Gasteiger partial charge in [-0.2, -0.15) is 0 Å². The van der Waals surface area contributed by atoms with Crippen molar-refractivity contribution < 1.29 is 4.74 Å². The first-order valence-corrected chi connectivity index (χ1v) is 10.2. The Balaban J connectivity index is 1.50. The second-order valence-corrected chi connectivity index (χ2v) is 7.73. The van der Waals surface area contributed by atoms with E-state index in [0.717, 1.165) is 50.0 Å². The van der Waals surface area contributed by atoms with E-state index in [1.165, 1.54) is 11.1 Å². The molecule has 1 aliphatic rings. The summed E-state index contributed by atoms with van der Waals surface area (Å²) in [5.41, 5.74) is 3.72. The number of guanidine groups is 1. The molecule has 2 N–H and O–H groups in total. The molecule has 29 heavy (non-hydrogen) atoms. The lowest BCUT2D eigenvalue weighted by molar-refractivity contribution is 0.402. The minimum absolute atomic E-state index is 0.355. The first-order valence-electron chi connectivity index (χ1n) is 10.2. The van der Waals surface area contributed by atoms with Gasteiger partial charge in [0.2, 0.25) is 0 Å². The third-order valence-corrected chi connectivity index (χ3v) is 5.16. The molecule has 0 spiro atoms. The minimum atomic E-state index is 0.355. The number of benzene rings is 2. The summed E-state index contributed by atoms with van der Waals surface area (Å²) in [6, 6.07) is 17.3. The maximum absolute atomic E-state index is 5.51. The molecule has 0 aliphatic carbocycles. The average molecular weight is 396 g/mol. The summed E-state index contributed by atoms with van der Waals surface area (Å²) in [6.07, 6.45) is 1.07. The number of aliphatic imine (C=N–C) groups is 1. The molecule has 6 nitrogen and oxygen atoms in total. The summed E-state index contributed by atoms with van der Waals surface area (Å²) in [5, 5.41) is 7.00. The van der Waals surface area contributed by atoms with Gasteiger partial charge in [-0.05, 0) is 43.8 Å². The number of nitrogens with one attached hydrogen (secondary N) is 2. The van der Waals surface area contributed by atoms with E-state index in [-0.39, 0.29) is 0 Å². The molecule has 1 aliphatic heterocycles. The molecule has 3 rings (SSSR count). The van der Waals surface area contributed by atoms with Crippen molar-refractivity contribution in [1.82, 2.24) is 15.5 Å². The Morgan fingerprint density at radius 1 is 1.14 bits per heavy atom. The number of hydrogen-bond donors (Lipinski definition) is 2. The summed E-state index contributed by atoms with van der Waals surface area (Å²) in [7, 11) is 7.72. The van der Waals surface area contributed by atoms with Crippen LogP contribution in [0.4, 0.5) is 5.69 Å². The van der Waals surface area contributed by atoms with Crippen LogP contribution in [0.15, 0.2) is 53.5 Å². The monoisotopic (exact) mass is 395 g/mol. The summed E-state index contributed by atoms with van der Waals surface area (Å²) < 4.78 is 5.51. The van der Waals surface area contributed by atoms with Crippen LogP contribution in [0.5, 0.6) is 5.75 Å². The molecule has 1 atom stereocenters. The van der Waals surface area contributed by atoms with Gasteiger partial charge in [-0.3, -0.25) is 4.99 Å². The van der Waals surface area contributed by atoms with E-state index in [0.29, 0.717) is 6.04 Å². The Bertz CT molecular complexity index is 803. The zero-order chi connectivity index (χ0) is 20.6. The van der Waals surface area contributed by atoms with Gasteiger partial charge in [0.05, 0.1) is 12.8 Å². The number of anilines is 1. The molecular formula is C23H33N5O. The van der Waals surface area contributed by atoms with Crippen molar-refractivity contribution in [3.8, 4) is 5.75 Å². The third-order valence-electron chi connectivity index (χ3n) is 5.16. The van der Waals surface area contributed by atoms with E-state index >= 15 is 0 Å². The lowest BCUT2D eigenvalue weighted by atomic mass is 10.1. The van der Waals surface area contributed by atoms with Crippen LogP contribution in [0.1, 0.15) is 17.5 Å². The van der Waals surface area contributed by atoms with Crippen LogP contribution in [0.3, 0.4) is 0 Å². The first kappa shape index (κ1) is 21.0. The van der Waals surface area contributed by atoms with Crippen LogP contribution >= 0.6 is 0 Å². The van der Waals surface area contributed by atoms with Gasteiger partial charge in [-0.1, -0.05) is 36.4 Å². The van der Waals surface area contributed by atoms with Gasteiger partial charge in [-0.25, -0.2) is 0 Å². The van der Waals surface area contributed by atoms with Crippen molar-refractivity contribution in [3.63, 3.8) is 0 Å². The van der Waals surface area contributed by atoms with Crippen molar-refractivity contribution in [1.29, 1.82) is 0 Å². The molecule has 156 valence electrons. The number of nitrogens with zero attached hydrogens (tertiary/aromatic N) is 3. The maximum atomic E-state index is 5.51. The Morgan fingerprint density at radius 2 is 1.86 bits per heavy atom. The second kappa shape index (κ2) is 10.2. The standard InChI is InChI=1S/C23H33N5O/c1-24-23(25-15-18-9-11-19(12-10-18)16-27(2)3)26-20-13-14-28(17-20)21-7-5-6-8-22(21)29-4/h5-12,20H,13-17H2,1-4H3,(H2,24,25,26). The van der Waals surface area contributed by atoms with Crippen molar-refractivity contribution in [3.05, 3.63) is 59.7 Å². The third kappa shape index (κ3) is 5.87. The van der Waals surface area contributed by atoms with E-state index in [1.54, 1.807) is 7.11 Å². The number of methoxy groups -OCH3 is 1. The van der Waals surface area contributed by atoms with E-state index < -0.39 is 0 Å². The zero-order valence-corrected chi connectivity index (χ0v) is 18.0. The molecule has 1 saturated heterocycles. The van der Waals surface area contributed by atoms with Gasteiger partial charge in [-0.15, -0.1) is 0 Å². The predicted octanol–water partition coefficient (Wildman–Crippen LogP) is 2.70. The fraction of sp³-hybridized carbons (Fsp3) is 0.435. The highest BCUT2D eigenvalue weighted by atomic mass is 16.5. The van der Waals surface area contributed by atoms with Crippen molar-refractivity contribution in [2.75, 3.05) is 46.2 Å². The van der Waals surface area contributed by atoms with Crippen LogP contribution in [0.2, 0.25) is 0 Å². The van der Waals surface area contributed by atoms with E-state index in [1.807, 2.05) is 19.2 Å². The van der Waals surface area contributed by atoms with E-state index in [9.17, 15) is 0 Å². The number of rotatable bonds is 7. The summed E-state index contributed by atoms with van der Waals surface area (Å²) >= 11 is 0. The number of hydrogen-bond acceptors (Lipinski definition) is 4. The van der Waals surface area contributed by atoms with Crippen molar-refractivity contribution in [2.45, 2.75) is 25.6 Å². The highest BCUT2D eigenvalue weighted by molar-refractivity contribution is 5.80. The highest BCUT2D eigenvalue weighted by Crippen LogP contribution is 2.30. The topological polar surface area (TPSA) is 52.1 Å². The largest absolute Gasteiger partial charge is 0.495 e. The highest BCUT2D eigenvalue weighted by Gasteiger charge is 2.25. The molecule has 1 heterocycles. The quantitative estimate of drug-likeness (QED) is 0.558. The molecular weight excluding hydrogens is 362 g/mol. The molecule has 1 fully saturated rings. The number of para-hydroxylation sites is 2.